The third-order valence-electron chi connectivity index (χ3n) is 5.84. The Labute approximate surface area is 193 Å². The van der Waals surface area contributed by atoms with Crippen molar-refractivity contribution in [3.63, 3.8) is 0 Å². The predicted molar refractivity (Wildman–Crippen MR) is 127 cm³/mol. The molecule has 33 heavy (non-hydrogen) atoms. The average molecular weight is 468 g/mol. The van der Waals surface area contributed by atoms with Gasteiger partial charge in [0.1, 0.15) is 5.82 Å². The predicted octanol–water partition coefficient (Wildman–Crippen LogP) is 3.83. The van der Waals surface area contributed by atoms with Gasteiger partial charge in [-0.2, -0.15) is 0 Å². The first kappa shape index (κ1) is 22.8. The highest BCUT2D eigenvalue weighted by Crippen LogP contribution is 2.22. The largest absolute Gasteiger partial charge is 0.368 e. The molecule has 0 unspecified atom stereocenters. The van der Waals surface area contributed by atoms with E-state index in [1.165, 1.54) is 12.1 Å². The summed E-state index contributed by atoms with van der Waals surface area (Å²) in [6.07, 6.45) is 0.412. The van der Waals surface area contributed by atoms with Gasteiger partial charge in [0.05, 0.1) is 11.3 Å². The van der Waals surface area contributed by atoms with Crippen molar-refractivity contribution in [2.75, 3.05) is 35.8 Å². The monoisotopic (exact) mass is 467 g/mol. The van der Waals surface area contributed by atoms with Gasteiger partial charge in [-0.1, -0.05) is 24.3 Å². The fourth-order valence-corrected chi connectivity index (χ4v) is 4.92. The maximum atomic E-state index is 13.1. The Morgan fingerprint density at radius 2 is 1.55 bits per heavy atom. The van der Waals surface area contributed by atoms with Crippen LogP contribution in [0.15, 0.2) is 77.7 Å². The fourth-order valence-electron chi connectivity index (χ4n) is 3.87. The van der Waals surface area contributed by atoms with Crippen LogP contribution in [0.5, 0.6) is 0 Å². The van der Waals surface area contributed by atoms with E-state index in [0.29, 0.717) is 38.3 Å². The van der Waals surface area contributed by atoms with Crippen molar-refractivity contribution in [1.29, 1.82) is 0 Å². The molecule has 8 heteroatoms. The third kappa shape index (κ3) is 5.51. The minimum Gasteiger partial charge on any atom is -0.368 e. The van der Waals surface area contributed by atoms with E-state index >= 15 is 0 Å². The highest BCUT2D eigenvalue weighted by molar-refractivity contribution is 7.92. The normalized spacial score (nSPS) is 14.2. The molecule has 1 heterocycles. The van der Waals surface area contributed by atoms with Crippen molar-refractivity contribution in [2.24, 2.45) is 0 Å². The number of hydrogen-bond acceptors (Lipinski definition) is 4. The molecule has 3 aromatic rings. The number of rotatable bonds is 6. The number of anilines is 2. The van der Waals surface area contributed by atoms with Crippen molar-refractivity contribution in [3.8, 4) is 0 Å². The van der Waals surface area contributed by atoms with Gasteiger partial charge in [-0.05, 0) is 66.6 Å². The van der Waals surface area contributed by atoms with Crippen LogP contribution in [0.3, 0.4) is 0 Å². The summed E-state index contributed by atoms with van der Waals surface area (Å²) < 4.78 is 40.5. The second-order valence-corrected chi connectivity index (χ2v) is 9.76. The fraction of sp³-hybridized carbons (Fsp3) is 0.240. The minimum absolute atomic E-state index is 0.000498. The Bertz CT molecular complexity index is 1220. The lowest BCUT2D eigenvalue weighted by atomic mass is 10.1. The summed E-state index contributed by atoms with van der Waals surface area (Å²) in [6, 6.07) is 19.7. The quantitative estimate of drug-likeness (QED) is 0.598. The molecular weight excluding hydrogens is 441 g/mol. The van der Waals surface area contributed by atoms with Crippen LogP contribution in [0, 0.1) is 12.7 Å². The molecule has 0 aliphatic carbocycles. The van der Waals surface area contributed by atoms with Gasteiger partial charge in [-0.3, -0.25) is 9.52 Å². The first-order valence-corrected chi connectivity index (χ1v) is 12.3. The van der Waals surface area contributed by atoms with E-state index in [1.807, 2.05) is 48.2 Å². The van der Waals surface area contributed by atoms with Gasteiger partial charge in [0, 0.05) is 37.6 Å². The summed E-state index contributed by atoms with van der Waals surface area (Å²) in [7, 11) is -3.79. The molecule has 0 spiro atoms. The van der Waals surface area contributed by atoms with Gasteiger partial charge in [-0.25, -0.2) is 12.8 Å². The first-order chi connectivity index (χ1) is 15.8. The number of nitrogens with zero attached hydrogens (tertiary/aromatic N) is 2. The zero-order chi connectivity index (χ0) is 23.4. The Hall–Kier alpha value is -3.39. The first-order valence-electron chi connectivity index (χ1n) is 10.8. The maximum Gasteiger partial charge on any atom is 0.261 e. The second kappa shape index (κ2) is 9.62. The van der Waals surface area contributed by atoms with Crippen LogP contribution >= 0.6 is 0 Å². The third-order valence-corrected chi connectivity index (χ3v) is 7.24. The van der Waals surface area contributed by atoms with Gasteiger partial charge in [0.25, 0.3) is 10.0 Å². The van der Waals surface area contributed by atoms with Crippen LogP contribution in [0.4, 0.5) is 15.8 Å². The molecular formula is C25H26FN3O3S. The Balaban J connectivity index is 1.33. The van der Waals surface area contributed by atoms with Gasteiger partial charge in [-0.15, -0.1) is 0 Å². The zero-order valence-electron chi connectivity index (χ0n) is 18.4. The lowest BCUT2D eigenvalue weighted by molar-refractivity contribution is -0.130. The van der Waals surface area contributed by atoms with Gasteiger partial charge in [0.2, 0.25) is 5.91 Å². The van der Waals surface area contributed by atoms with E-state index < -0.39 is 15.8 Å². The van der Waals surface area contributed by atoms with Crippen molar-refractivity contribution >= 4 is 27.3 Å². The van der Waals surface area contributed by atoms with E-state index in [0.717, 1.165) is 28.9 Å². The summed E-state index contributed by atoms with van der Waals surface area (Å²) in [5.41, 5.74) is 3.57. The summed E-state index contributed by atoms with van der Waals surface area (Å²) in [4.78, 5) is 16.8. The number of piperazine rings is 1. The average Bonchev–Trinajstić information content (AvgIpc) is 2.81. The van der Waals surface area contributed by atoms with E-state index in [2.05, 4.69) is 9.62 Å². The topological polar surface area (TPSA) is 69.7 Å². The molecule has 1 aliphatic heterocycles. The number of carbonyl (C=O) groups is 1. The van der Waals surface area contributed by atoms with Crippen LogP contribution in [-0.2, 0) is 21.2 Å². The van der Waals surface area contributed by atoms with Crippen molar-refractivity contribution in [2.45, 2.75) is 18.2 Å². The van der Waals surface area contributed by atoms with Crippen molar-refractivity contribution in [1.82, 2.24) is 4.90 Å². The number of amides is 1. The number of sulfonamides is 1. The number of carbonyl (C=O) groups excluding carboxylic acids is 1. The van der Waals surface area contributed by atoms with Crippen LogP contribution < -0.4 is 9.62 Å². The lowest BCUT2D eigenvalue weighted by Gasteiger charge is -2.36. The number of halogens is 1. The van der Waals surface area contributed by atoms with Gasteiger partial charge >= 0.3 is 0 Å². The number of hydrogen-bond donors (Lipinski definition) is 1. The van der Waals surface area contributed by atoms with Crippen LogP contribution in [-0.4, -0.2) is 45.4 Å². The summed E-state index contributed by atoms with van der Waals surface area (Å²) in [5, 5.41) is 0. The van der Waals surface area contributed by atoms with E-state index in [4.69, 9.17) is 0 Å². The summed E-state index contributed by atoms with van der Waals surface area (Å²) in [5.74, 6) is -0.357. The second-order valence-electron chi connectivity index (χ2n) is 8.08. The van der Waals surface area contributed by atoms with Crippen molar-refractivity contribution < 1.29 is 17.6 Å². The summed E-state index contributed by atoms with van der Waals surface area (Å²) in [6.45, 7) is 4.72. The van der Waals surface area contributed by atoms with E-state index in [-0.39, 0.29) is 10.8 Å². The standard InChI is InChI=1S/C25H26FN3O3S/c1-19-4-2-3-5-20(19)18-25(30)29-16-14-28(15-17-29)23-10-8-22(9-11-23)27-33(31,32)24-12-6-21(26)7-13-24/h2-13,27H,14-18H2,1H3. The zero-order valence-corrected chi connectivity index (χ0v) is 19.2. The molecule has 1 fully saturated rings. The molecule has 172 valence electrons. The molecule has 0 aromatic heterocycles. The molecule has 1 aliphatic rings. The van der Waals surface area contributed by atoms with Gasteiger partial charge < -0.3 is 9.80 Å². The number of nitrogens with one attached hydrogen (secondary N) is 1. The summed E-state index contributed by atoms with van der Waals surface area (Å²) >= 11 is 0. The highest BCUT2D eigenvalue weighted by Gasteiger charge is 2.22. The highest BCUT2D eigenvalue weighted by atomic mass is 32.2. The molecule has 1 N–H and O–H groups in total. The molecule has 4 rings (SSSR count). The smallest absolute Gasteiger partial charge is 0.261 e. The molecule has 0 atom stereocenters. The Morgan fingerprint density at radius 1 is 0.909 bits per heavy atom. The maximum absolute atomic E-state index is 13.1. The van der Waals surface area contributed by atoms with E-state index in [1.54, 1.807) is 12.1 Å². The van der Waals surface area contributed by atoms with Crippen LogP contribution in [0.25, 0.3) is 0 Å². The molecule has 0 saturated carbocycles. The molecule has 1 saturated heterocycles. The minimum atomic E-state index is -3.79. The molecule has 0 bridgehead atoms. The number of aryl methyl sites for hydroxylation is 1. The molecule has 1 amide bonds. The van der Waals surface area contributed by atoms with Crippen LogP contribution in [0.1, 0.15) is 11.1 Å². The Morgan fingerprint density at radius 3 is 2.18 bits per heavy atom. The SMILES string of the molecule is Cc1ccccc1CC(=O)N1CCN(c2ccc(NS(=O)(=O)c3ccc(F)cc3)cc2)CC1. The molecule has 0 radical (unpaired) electrons. The van der Waals surface area contributed by atoms with Gasteiger partial charge in [0.15, 0.2) is 0 Å². The van der Waals surface area contributed by atoms with Crippen LogP contribution in [0.2, 0.25) is 0 Å². The lowest BCUT2D eigenvalue weighted by Crippen LogP contribution is -2.49. The van der Waals surface area contributed by atoms with E-state index in [9.17, 15) is 17.6 Å². The molecule has 6 nitrogen and oxygen atoms in total. The molecule has 3 aromatic carbocycles. The number of benzene rings is 3. The Kier molecular flexibility index (Phi) is 6.65. The van der Waals surface area contributed by atoms with Crippen molar-refractivity contribution in [3.05, 3.63) is 89.7 Å².